The molecular weight excluding hydrogens is 197 g/mol. The highest BCUT2D eigenvalue weighted by molar-refractivity contribution is 5.18. The third-order valence-corrected chi connectivity index (χ3v) is 1.01. The fraction of sp³-hybridized carbons (Fsp3) is 0.167. The van der Waals surface area contributed by atoms with E-state index in [1.165, 1.54) is 0 Å². The zero-order chi connectivity index (χ0) is 10.1. The van der Waals surface area contributed by atoms with E-state index in [1.54, 1.807) is 0 Å². The zero-order valence-electron chi connectivity index (χ0n) is 5.90. The highest BCUT2D eigenvalue weighted by Gasteiger charge is 2.32. The predicted octanol–water partition coefficient (Wildman–Crippen LogP) is 2.26. The minimum absolute atomic E-state index is 0.505. The summed E-state index contributed by atoms with van der Waals surface area (Å²) >= 11 is 0. The van der Waals surface area contributed by atoms with Gasteiger partial charge in [-0.2, -0.15) is 13.8 Å². The van der Waals surface area contributed by atoms with Gasteiger partial charge in [-0.25, -0.2) is 0 Å². The monoisotopic (exact) mass is 199 g/mol. The number of pyridine rings is 1. The summed E-state index contributed by atoms with van der Waals surface area (Å²) in [6.07, 6.45) is -5.01. The van der Waals surface area contributed by atoms with Crippen LogP contribution in [0.4, 0.5) is 22.0 Å². The molecule has 0 aliphatic carbocycles. The molecule has 0 spiro atoms. The fourth-order valence-corrected chi connectivity index (χ4v) is 0.600. The van der Waals surface area contributed by atoms with Crippen molar-refractivity contribution in [3.05, 3.63) is 24.0 Å². The maximum atomic E-state index is 12.4. The largest absolute Gasteiger partial charge is 0.573 e. The van der Waals surface area contributed by atoms with E-state index in [0.29, 0.717) is 12.1 Å². The van der Waals surface area contributed by atoms with E-state index >= 15 is 0 Å². The van der Waals surface area contributed by atoms with Crippen molar-refractivity contribution in [3.63, 3.8) is 0 Å². The Morgan fingerprint density at radius 2 is 1.77 bits per heavy atom. The van der Waals surface area contributed by atoms with Crippen molar-refractivity contribution in [3.8, 4) is 5.75 Å². The van der Waals surface area contributed by atoms with Crippen LogP contribution in [-0.2, 0) is 0 Å². The van der Waals surface area contributed by atoms with Crippen molar-refractivity contribution in [1.82, 2.24) is 4.98 Å². The minimum Gasteiger partial charge on any atom is -0.401 e. The molecule has 0 fully saturated rings. The molecule has 0 saturated heterocycles. The minimum atomic E-state index is -5.01. The Hall–Kier alpha value is -1.40. The van der Waals surface area contributed by atoms with Gasteiger partial charge in [-0.3, -0.25) is 0 Å². The molecule has 0 unspecified atom stereocenters. The molecule has 0 bridgehead atoms. The van der Waals surface area contributed by atoms with E-state index in [0.717, 1.165) is 0 Å². The number of hydrogen-bond donors (Lipinski definition) is 0. The maximum Gasteiger partial charge on any atom is 0.573 e. The van der Waals surface area contributed by atoms with E-state index in [1.807, 2.05) is 0 Å². The molecule has 0 aliphatic rings. The molecule has 0 aromatic carbocycles. The van der Waals surface area contributed by atoms with E-state index in [-0.39, 0.29) is 0 Å². The molecule has 1 rings (SSSR count). The Bertz CT molecular complexity index is 310. The number of alkyl halides is 3. The Kier molecular flexibility index (Phi) is 2.35. The average molecular weight is 199 g/mol. The molecule has 0 atom stereocenters. The molecule has 0 saturated carbocycles. The molecule has 72 valence electrons. The van der Waals surface area contributed by atoms with Gasteiger partial charge in [-0.15, -0.1) is 13.2 Å². The summed E-state index contributed by atoms with van der Waals surface area (Å²) in [4.78, 5) is 2.50. The highest BCUT2D eigenvalue weighted by Crippen LogP contribution is 2.24. The Labute approximate surface area is 69.0 Å². The Morgan fingerprint density at radius 3 is 2.23 bits per heavy atom. The van der Waals surface area contributed by atoms with Crippen LogP contribution in [0.5, 0.6) is 5.75 Å². The Morgan fingerprint density at radius 1 is 1.15 bits per heavy atom. The first kappa shape index (κ1) is 9.69. The van der Waals surface area contributed by atoms with Crippen LogP contribution in [0.25, 0.3) is 0 Å². The van der Waals surface area contributed by atoms with Gasteiger partial charge in [0.25, 0.3) is 5.95 Å². The second-order valence-electron chi connectivity index (χ2n) is 1.97. The van der Waals surface area contributed by atoms with Gasteiger partial charge in [0.1, 0.15) is 0 Å². The van der Waals surface area contributed by atoms with E-state index < -0.39 is 24.0 Å². The Balaban J connectivity index is 2.90. The molecular formula is C6H2F5NO. The van der Waals surface area contributed by atoms with Gasteiger partial charge >= 0.3 is 6.36 Å². The first-order valence-corrected chi connectivity index (χ1v) is 2.96. The molecule has 0 aliphatic heterocycles. The molecule has 1 aromatic heterocycles. The van der Waals surface area contributed by atoms with E-state index in [4.69, 9.17) is 0 Å². The third kappa shape index (κ3) is 2.85. The number of aromatic nitrogens is 1. The average Bonchev–Trinajstić information content (AvgIpc) is 1.93. The predicted molar refractivity (Wildman–Crippen MR) is 30.8 cm³/mol. The van der Waals surface area contributed by atoms with Crippen LogP contribution in [-0.4, -0.2) is 11.3 Å². The van der Waals surface area contributed by atoms with Crippen molar-refractivity contribution < 1.29 is 26.7 Å². The lowest BCUT2D eigenvalue weighted by Gasteiger charge is -2.08. The first-order valence-electron chi connectivity index (χ1n) is 2.96. The normalized spacial score (nSPS) is 11.5. The number of ether oxygens (including phenoxy) is 1. The van der Waals surface area contributed by atoms with Crippen LogP contribution in [0, 0.1) is 11.9 Å². The summed E-state index contributed by atoms with van der Waals surface area (Å²) in [5.41, 5.74) is 0. The molecule has 0 amide bonds. The van der Waals surface area contributed by atoms with Crippen LogP contribution in [0.1, 0.15) is 0 Å². The van der Waals surface area contributed by atoms with Gasteiger partial charge < -0.3 is 4.74 Å². The summed E-state index contributed by atoms with van der Waals surface area (Å²) in [7, 11) is 0. The van der Waals surface area contributed by atoms with Crippen molar-refractivity contribution in [2.75, 3.05) is 0 Å². The summed E-state index contributed by atoms with van der Waals surface area (Å²) in [5, 5.41) is 0. The molecule has 1 aromatic rings. The van der Waals surface area contributed by atoms with Crippen molar-refractivity contribution in [2.45, 2.75) is 6.36 Å². The lowest BCUT2D eigenvalue weighted by molar-refractivity contribution is -0.275. The summed E-state index contributed by atoms with van der Waals surface area (Å²) in [6, 6.07) is 1.06. The van der Waals surface area contributed by atoms with Crippen LogP contribution in [0.15, 0.2) is 12.1 Å². The maximum absolute atomic E-state index is 12.4. The van der Waals surface area contributed by atoms with Crippen LogP contribution < -0.4 is 4.74 Å². The van der Waals surface area contributed by atoms with Gasteiger partial charge in [-0.1, -0.05) is 0 Å². The molecule has 2 nitrogen and oxygen atoms in total. The van der Waals surface area contributed by atoms with Crippen LogP contribution in [0.2, 0.25) is 0 Å². The van der Waals surface area contributed by atoms with Crippen LogP contribution >= 0.6 is 0 Å². The molecule has 0 N–H and O–H groups in total. The molecule has 0 radical (unpaired) electrons. The zero-order valence-corrected chi connectivity index (χ0v) is 5.90. The number of nitrogens with zero attached hydrogens (tertiary/aromatic N) is 1. The SMILES string of the molecule is Fc1ccc(OC(F)(F)F)c(F)n1. The number of rotatable bonds is 1. The van der Waals surface area contributed by atoms with E-state index in [9.17, 15) is 22.0 Å². The van der Waals surface area contributed by atoms with Gasteiger partial charge in [-0.05, 0) is 12.1 Å². The summed E-state index contributed by atoms with van der Waals surface area (Å²) in [5.74, 6) is -4.02. The molecule has 13 heavy (non-hydrogen) atoms. The highest BCUT2D eigenvalue weighted by atomic mass is 19.4. The smallest absolute Gasteiger partial charge is 0.401 e. The summed E-state index contributed by atoms with van der Waals surface area (Å²) in [6.45, 7) is 0. The van der Waals surface area contributed by atoms with Crippen LogP contribution in [0.3, 0.4) is 0 Å². The standard InChI is InChI=1S/C6H2F5NO/c7-4-2-1-3(5(8)12-4)13-6(9,10)11/h1-2H. The van der Waals surface area contributed by atoms with Crippen molar-refractivity contribution >= 4 is 0 Å². The van der Waals surface area contributed by atoms with Gasteiger partial charge in [0.15, 0.2) is 5.75 Å². The second-order valence-corrected chi connectivity index (χ2v) is 1.97. The molecule has 1 heterocycles. The fourth-order valence-electron chi connectivity index (χ4n) is 0.600. The molecule has 7 heteroatoms. The quantitative estimate of drug-likeness (QED) is 0.511. The number of halogens is 5. The summed E-state index contributed by atoms with van der Waals surface area (Å²) < 4.78 is 62.2. The number of hydrogen-bond acceptors (Lipinski definition) is 2. The van der Waals surface area contributed by atoms with Gasteiger partial charge in [0.2, 0.25) is 5.95 Å². The second kappa shape index (κ2) is 3.15. The third-order valence-electron chi connectivity index (χ3n) is 1.01. The van der Waals surface area contributed by atoms with Gasteiger partial charge in [0, 0.05) is 0 Å². The van der Waals surface area contributed by atoms with E-state index in [2.05, 4.69) is 9.72 Å². The lowest BCUT2D eigenvalue weighted by Crippen LogP contribution is -2.18. The topological polar surface area (TPSA) is 22.1 Å². The first-order chi connectivity index (χ1) is 5.88. The van der Waals surface area contributed by atoms with Gasteiger partial charge in [0.05, 0.1) is 0 Å². The van der Waals surface area contributed by atoms with Crippen molar-refractivity contribution in [1.29, 1.82) is 0 Å². The van der Waals surface area contributed by atoms with Crippen molar-refractivity contribution in [2.24, 2.45) is 0 Å². The lowest BCUT2D eigenvalue weighted by atomic mass is 10.4.